The molecule has 0 saturated carbocycles. The van der Waals surface area contributed by atoms with Gasteiger partial charge in [-0.2, -0.15) is 0 Å². The van der Waals surface area contributed by atoms with Gasteiger partial charge in [0.05, 0.1) is 5.69 Å². The normalized spacial score (nSPS) is 19.2. The topological polar surface area (TPSA) is 35.5 Å². The number of anilines is 1. The van der Waals surface area contributed by atoms with Gasteiger partial charge >= 0.3 is 0 Å². The fraction of sp³-hybridized carbons (Fsp3) is 0.500. The molecular weight excluding hydrogens is 329 g/mol. The molecule has 5 nitrogen and oxygen atoms in total. The molecule has 0 amide bonds. The smallest absolute Gasteiger partial charge is 0.135 e. The zero-order valence-corrected chi connectivity index (χ0v) is 15.4. The van der Waals surface area contributed by atoms with Gasteiger partial charge in [-0.15, -0.1) is 0 Å². The molecule has 0 aliphatic carbocycles. The number of aromatic nitrogens is 2. The maximum absolute atomic E-state index is 13.1. The highest BCUT2D eigenvalue weighted by Gasteiger charge is 2.23. The van der Waals surface area contributed by atoms with Gasteiger partial charge < -0.3 is 9.80 Å². The van der Waals surface area contributed by atoms with Crippen LogP contribution in [0, 0.1) is 5.82 Å². The second kappa shape index (κ2) is 7.68. The van der Waals surface area contributed by atoms with E-state index in [0.717, 1.165) is 70.0 Å². The summed E-state index contributed by atoms with van der Waals surface area (Å²) in [5.74, 6) is 0.954. The SMILES string of the molecule is CN1CCN(c2ncnc3c2CCN(Cc2ccc(F)cc2)CC3)CC1. The fourth-order valence-corrected chi connectivity index (χ4v) is 3.85. The minimum Gasteiger partial charge on any atom is -0.354 e. The zero-order valence-electron chi connectivity index (χ0n) is 15.4. The Hall–Kier alpha value is -2.05. The summed E-state index contributed by atoms with van der Waals surface area (Å²) in [5.41, 5.74) is 3.66. The molecule has 6 heteroatoms. The number of halogens is 1. The quantitative estimate of drug-likeness (QED) is 0.841. The van der Waals surface area contributed by atoms with Gasteiger partial charge in [0.1, 0.15) is 18.0 Å². The first-order valence-corrected chi connectivity index (χ1v) is 9.42. The number of nitrogens with zero attached hydrogens (tertiary/aromatic N) is 5. The predicted molar refractivity (Wildman–Crippen MR) is 101 cm³/mol. The molecule has 26 heavy (non-hydrogen) atoms. The molecule has 2 aliphatic heterocycles. The molecule has 0 bridgehead atoms. The van der Waals surface area contributed by atoms with Crippen LogP contribution in [0.4, 0.5) is 10.2 Å². The lowest BCUT2D eigenvalue weighted by Crippen LogP contribution is -2.45. The third-order valence-corrected chi connectivity index (χ3v) is 5.48. The van der Waals surface area contributed by atoms with E-state index >= 15 is 0 Å². The summed E-state index contributed by atoms with van der Waals surface area (Å²) in [6.07, 6.45) is 3.64. The van der Waals surface area contributed by atoms with E-state index in [2.05, 4.69) is 31.7 Å². The van der Waals surface area contributed by atoms with E-state index in [0.29, 0.717) is 0 Å². The minimum absolute atomic E-state index is 0.177. The van der Waals surface area contributed by atoms with Crippen molar-refractivity contribution in [3.63, 3.8) is 0 Å². The minimum atomic E-state index is -0.177. The van der Waals surface area contributed by atoms with Crippen molar-refractivity contribution in [1.82, 2.24) is 19.8 Å². The summed E-state index contributed by atoms with van der Waals surface area (Å²) >= 11 is 0. The molecular formula is C20H26FN5. The van der Waals surface area contributed by atoms with Crippen LogP contribution < -0.4 is 4.90 Å². The highest BCUT2D eigenvalue weighted by Crippen LogP contribution is 2.25. The summed E-state index contributed by atoms with van der Waals surface area (Å²) in [5, 5.41) is 0. The Labute approximate surface area is 154 Å². The number of hydrogen-bond donors (Lipinski definition) is 0. The van der Waals surface area contributed by atoms with Crippen LogP contribution in [0.3, 0.4) is 0 Å². The van der Waals surface area contributed by atoms with Crippen LogP contribution in [0.25, 0.3) is 0 Å². The van der Waals surface area contributed by atoms with Crippen LogP contribution in [-0.2, 0) is 19.4 Å². The van der Waals surface area contributed by atoms with E-state index in [1.165, 1.54) is 11.3 Å². The second-order valence-corrected chi connectivity index (χ2v) is 7.32. The molecule has 0 unspecified atom stereocenters. The molecule has 1 fully saturated rings. The Morgan fingerprint density at radius 3 is 2.42 bits per heavy atom. The highest BCUT2D eigenvalue weighted by atomic mass is 19.1. The number of hydrogen-bond acceptors (Lipinski definition) is 5. The van der Waals surface area contributed by atoms with Crippen LogP contribution >= 0.6 is 0 Å². The van der Waals surface area contributed by atoms with E-state index in [4.69, 9.17) is 0 Å². The number of fused-ring (bicyclic) bond motifs is 1. The first kappa shape index (κ1) is 17.4. The highest BCUT2D eigenvalue weighted by molar-refractivity contribution is 5.49. The Balaban J connectivity index is 1.47. The fourth-order valence-electron chi connectivity index (χ4n) is 3.85. The maximum atomic E-state index is 13.1. The third-order valence-electron chi connectivity index (χ3n) is 5.48. The van der Waals surface area contributed by atoms with E-state index in [1.807, 2.05) is 12.1 Å². The van der Waals surface area contributed by atoms with Crippen molar-refractivity contribution >= 4 is 5.82 Å². The predicted octanol–water partition coefficient (Wildman–Crippen LogP) is 1.97. The molecule has 0 atom stereocenters. The van der Waals surface area contributed by atoms with Gasteiger partial charge in [0.25, 0.3) is 0 Å². The number of likely N-dealkylation sites (N-methyl/N-ethyl adjacent to an activating group) is 1. The monoisotopic (exact) mass is 355 g/mol. The van der Waals surface area contributed by atoms with Gasteiger partial charge in [-0.05, 0) is 31.2 Å². The molecule has 138 valence electrons. The van der Waals surface area contributed by atoms with Crippen molar-refractivity contribution in [2.75, 3.05) is 51.2 Å². The van der Waals surface area contributed by atoms with Gasteiger partial charge in [-0.3, -0.25) is 4.90 Å². The van der Waals surface area contributed by atoms with Crippen molar-refractivity contribution < 1.29 is 4.39 Å². The Morgan fingerprint density at radius 2 is 1.65 bits per heavy atom. The van der Waals surface area contributed by atoms with E-state index in [1.54, 1.807) is 18.5 Å². The van der Waals surface area contributed by atoms with Crippen molar-refractivity contribution in [3.8, 4) is 0 Å². The van der Waals surface area contributed by atoms with Crippen LogP contribution in [0.15, 0.2) is 30.6 Å². The summed E-state index contributed by atoms with van der Waals surface area (Å²) in [6, 6.07) is 6.84. The van der Waals surface area contributed by atoms with Crippen molar-refractivity contribution in [2.24, 2.45) is 0 Å². The molecule has 2 aromatic rings. The Morgan fingerprint density at radius 1 is 0.923 bits per heavy atom. The molecule has 1 aromatic heterocycles. The largest absolute Gasteiger partial charge is 0.354 e. The maximum Gasteiger partial charge on any atom is 0.135 e. The van der Waals surface area contributed by atoms with Crippen molar-refractivity contribution in [3.05, 3.63) is 53.2 Å². The first-order valence-electron chi connectivity index (χ1n) is 9.42. The first-order chi connectivity index (χ1) is 12.7. The van der Waals surface area contributed by atoms with E-state index in [-0.39, 0.29) is 5.82 Å². The third kappa shape index (κ3) is 3.86. The lowest BCUT2D eigenvalue weighted by molar-refractivity contribution is 0.278. The summed E-state index contributed by atoms with van der Waals surface area (Å²) in [6.45, 7) is 7.02. The average Bonchev–Trinajstić information content (AvgIpc) is 2.87. The molecule has 0 spiro atoms. The molecule has 0 radical (unpaired) electrons. The van der Waals surface area contributed by atoms with Gasteiger partial charge in [-0.25, -0.2) is 14.4 Å². The number of benzene rings is 1. The van der Waals surface area contributed by atoms with Gasteiger partial charge in [0.2, 0.25) is 0 Å². The Kier molecular flexibility index (Phi) is 5.13. The molecule has 0 N–H and O–H groups in total. The molecule has 1 aromatic carbocycles. The van der Waals surface area contributed by atoms with Crippen LogP contribution in [0.2, 0.25) is 0 Å². The lowest BCUT2D eigenvalue weighted by atomic mass is 10.1. The van der Waals surface area contributed by atoms with Crippen molar-refractivity contribution in [1.29, 1.82) is 0 Å². The van der Waals surface area contributed by atoms with Gasteiger partial charge in [0, 0.05) is 57.8 Å². The lowest BCUT2D eigenvalue weighted by Gasteiger charge is -2.34. The number of rotatable bonds is 3. The molecule has 2 aliphatic rings. The van der Waals surface area contributed by atoms with Crippen LogP contribution in [0.1, 0.15) is 16.8 Å². The molecule has 3 heterocycles. The average molecular weight is 355 g/mol. The summed E-state index contributed by atoms with van der Waals surface area (Å²) < 4.78 is 13.1. The number of piperazine rings is 1. The second-order valence-electron chi connectivity index (χ2n) is 7.32. The zero-order chi connectivity index (χ0) is 17.9. The standard InChI is InChI=1S/C20H26FN5/c1-24-10-12-26(13-11-24)20-18-6-8-25(9-7-19(18)22-15-23-20)14-16-2-4-17(21)5-3-16/h2-5,15H,6-14H2,1H3. The molecule has 1 saturated heterocycles. The summed E-state index contributed by atoms with van der Waals surface area (Å²) in [7, 11) is 2.17. The van der Waals surface area contributed by atoms with Crippen LogP contribution in [0.5, 0.6) is 0 Å². The van der Waals surface area contributed by atoms with E-state index in [9.17, 15) is 4.39 Å². The van der Waals surface area contributed by atoms with Gasteiger partial charge in [0.15, 0.2) is 0 Å². The Bertz CT molecular complexity index is 740. The van der Waals surface area contributed by atoms with Crippen LogP contribution in [-0.4, -0.2) is 66.1 Å². The van der Waals surface area contributed by atoms with Crippen molar-refractivity contribution in [2.45, 2.75) is 19.4 Å². The summed E-state index contributed by atoms with van der Waals surface area (Å²) in [4.78, 5) is 16.4. The molecule has 4 rings (SSSR count). The van der Waals surface area contributed by atoms with Gasteiger partial charge in [-0.1, -0.05) is 12.1 Å². The van der Waals surface area contributed by atoms with E-state index < -0.39 is 0 Å².